The van der Waals surface area contributed by atoms with Crippen LogP contribution in [0, 0.1) is 6.92 Å². The van der Waals surface area contributed by atoms with Crippen molar-refractivity contribution in [2.24, 2.45) is 0 Å². The van der Waals surface area contributed by atoms with Gasteiger partial charge in [0.2, 0.25) is 0 Å². The molecule has 5 aliphatic heterocycles. The van der Waals surface area contributed by atoms with E-state index in [0.29, 0.717) is 0 Å². The van der Waals surface area contributed by atoms with Crippen LogP contribution in [0.25, 0.3) is 44.2 Å². The summed E-state index contributed by atoms with van der Waals surface area (Å²) in [6.45, 7) is 12.0. The van der Waals surface area contributed by atoms with Gasteiger partial charge in [-0.3, -0.25) is 0 Å². The molecule has 10 aromatic rings. The molecule has 0 unspecified atom stereocenters. The van der Waals surface area contributed by atoms with Crippen LogP contribution in [0.4, 0.5) is 28.4 Å². The van der Waals surface area contributed by atoms with Gasteiger partial charge in [-0.2, -0.15) is 0 Å². The molecule has 0 amide bonds. The summed E-state index contributed by atoms with van der Waals surface area (Å²) in [6.07, 6.45) is 2.34. The average Bonchev–Trinajstić information content (AvgIpc) is 3.90. The molecule has 0 bridgehead atoms. The fourth-order valence-electron chi connectivity index (χ4n) is 14.0. The number of rotatable bonds is 1. The van der Waals surface area contributed by atoms with Crippen LogP contribution < -0.4 is 41.4 Å². The van der Waals surface area contributed by atoms with Crippen molar-refractivity contribution < 1.29 is 4.42 Å². The SMILES string of the molecule is Cc1cc2c(cc1N1c3cc4c(cc3B3c5c1cc1c(oc6ccccc61)c5-c1cccc5c1N3c1ccccc1[Si]51c3ccccc3-c3ccccc31)Sc1ccccc1S4)C(C)(C)CCC2(C)C. The van der Waals surface area contributed by atoms with Gasteiger partial charge in [0.05, 0.1) is 0 Å². The molecule has 7 heteroatoms. The number of fused-ring (bicyclic) bond motifs is 20. The van der Waals surface area contributed by atoms with Crippen LogP contribution in [0.2, 0.25) is 0 Å². The highest BCUT2D eigenvalue weighted by molar-refractivity contribution is 8.05. The normalized spacial score (nSPS) is 17.2. The summed E-state index contributed by atoms with van der Waals surface area (Å²) in [7, 11) is -2.87. The third-order valence-electron chi connectivity index (χ3n) is 17.3. The van der Waals surface area contributed by atoms with E-state index in [-0.39, 0.29) is 17.7 Å². The molecule has 0 atom stereocenters. The van der Waals surface area contributed by atoms with Gasteiger partial charge < -0.3 is 14.1 Å². The van der Waals surface area contributed by atoms with Gasteiger partial charge in [0.1, 0.15) is 11.2 Å². The van der Waals surface area contributed by atoms with E-state index < -0.39 is 8.07 Å². The number of hydrogen-bond acceptors (Lipinski definition) is 5. The number of hydrogen-bond donors (Lipinski definition) is 0. The van der Waals surface area contributed by atoms with Crippen molar-refractivity contribution in [3.05, 3.63) is 187 Å². The lowest BCUT2D eigenvalue weighted by atomic mass is 9.43. The zero-order chi connectivity index (χ0) is 46.6. The third-order valence-corrected chi connectivity index (χ3v) is 24.7. The molecule has 1 aliphatic carbocycles. The molecule has 334 valence electrons. The Morgan fingerprint density at radius 2 is 1.11 bits per heavy atom. The Hall–Kier alpha value is -6.64. The van der Waals surface area contributed by atoms with Crippen molar-refractivity contribution in [2.75, 3.05) is 9.71 Å². The number of para-hydroxylation sites is 3. The molecule has 0 N–H and O–H groups in total. The van der Waals surface area contributed by atoms with Crippen molar-refractivity contribution in [3.63, 3.8) is 0 Å². The van der Waals surface area contributed by atoms with Crippen molar-refractivity contribution in [3.8, 4) is 22.3 Å². The number of benzene rings is 9. The molecule has 3 nitrogen and oxygen atoms in total. The van der Waals surface area contributed by atoms with E-state index in [1.807, 2.05) is 23.5 Å². The van der Waals surface area contributed by atoms with E-state index in [4.69, 9.17) is 4.42 Å². The summed E-state index contributed by atoms with van der Waals surface area (Å²) in [5.74, 6) is 0. The highest BCUT2D eigenvalue weighted by atomic mass is 32.2. The molecule has 0 saturated carbocycles. The van der Waals surface area contributed by atoms with E-state index in [1.54, 1.807) is 0 Å². The Bertz CT molecular complexity index is 3990. The smallest absolute Gasteiger partial charge is 0.333 e. The van der Waals surface area contributed by atoms with Crippen molar-refractivity contribution in [1.82, 2.24) is 0 Å². The fourth-order valence-corrected chi connectivity index (χ4v) is 21.9. The Kier molecular flexibility index (Phi) is 7.80. The zero-order valence-electron chi connectivity index (χ0n) is 39.8. The Labute approximate surface area is 418 Å². The van der Waals surface area contributed by atoms with Gasteiger partial charge in [-0.1, -0.05) is 173 Å². The largest absolute Gasteiger partial charge is 0.455 e. The van der Waals surface area contributed by atoms with Gasteiger partial charge in [-0.05, 0) is 139 Å². The summed E-state index contributed by atoms with van der Waals surface area (Å²) < 4.78 is 7.28. The van der Waals surface area contributed by atoms with Crippen LogP contribution in [-0.2, 0) is 10.8 Å². The molecular formula is C63H47BN2OS2Si. The second kappa shape index (κ2) is 13.6. The summed E-state index contributed by atoms with van der Waals surface area (Å²) in [5, 5.41) is 8.20. The van der Waals surface area contributed by atoms with E-state index in [2.05, 4.69) is 214 Å². The van der Waals surface area contributed by atoms with Gasteiger partial charge in [0, 0.05) is 69.9 Å². The second-order valence-corrected chi connectivity index (χ2v) is 27.6. The lowest BCUT2D eigenvalue weighted by molar-refractivity contribution is 0.332. The molecule has 0 saturated heterocycles. The van der Waals surface area contributed by atoms with E-state index in [0.717, 1.165) is 28.4 Å². The first-order valence-electron chi connectivity index (χ1n) is 24.9. The predicted molar refractivity (Wildman–Crippen MR) is 298 cm³/mol. The average molecular weight is 951 g/mol. The molecule has 1 spiro atoms. The zero-order valence-corrected chi connectivity index (χ0v) is 42.4. The molecule has 70 heavy (non-hydrogen) atoms. The Morgan fingerprint density at radius 3 is 1.86 bits per heavy atom. The molecule has 1 aromatic heterocycles. The Morgan fingerprint density at radius 1 is 0.514 bits per heavy atom. The van der Waals surface area contributed by atoms with Crippen LogP contribution in [0.1, 0.15) is 57.2 Å². The summed E-state index contributed by atoms with van der Waals surface area (Å²) in [4.78, 5) is 10.7. The van der Waals surface area contributed by atoms with Crippen LogP contribution in [-0.4, -0.2) is 14.9 Å². The topological polar surface area (TPSA) is 19.6 Å². The maximum Gasteiger partial charge on any atom is 0.333 e. The first-order valence-corrected chi connectivity index (χ1v) is 28.5. The first kappa shape index (κ1) is 40.1. The van der Waals surface area contributed by atoms with Gasteiger partial charge >= 0.3 is 6.85 Å². The lowest BCUT2D eigenvalue weighted by Crippen LogP contribution is -2.78. The minimum atomic E-state index is -2.87. The van der Waals surface area contributed by atoms with Crippen LogP contribution in [0.15, 0.2) is 194 Å². The van der Waals surface area contributed by atoms with E-state index in [1.165, 1.54) is 125 Å². The highest BCUT2D eigenvalue weighted by Crippen LogP contribution is 2.56. The molecule has 6 heterocycles. The number of aryl methyl sites for hydroxylation is 1. The number of anilines is 5. The standard InChI is InChI=1S/C63H47BN2OS2Si/c1-36-31-42-43(63(4,5)30-29-62(42,2)3)33-46(36)65-47-35-53-52(68-50-23-11-12-24-51(50)69-53)34-44(47)64-59-48(65)32-41-37-17-6-10-22-49(37)67-61(41)58(59)40-20-16-28-57-60(40)66(64)45-21-9-15-27-56(45)70(57)54-25-13-7-18-38(54)39-19-8-14-26-55(39)70/h6-28,31-35H,29-30H2,1-5H3. The summed E-state index contributed by atoms with van der Waals surface area (Å²) in [6, 6.07) is 65.9. The quantitative estimate of drug-likeness (QED) is 0.152. The van der Waals surface area contributed by atoms with Crippen molar-refractivity contribution >= 4 is 120 Å². The van der Waals surface area contributed by atoms with E-state index in [9.17, 15) is 0 Å². The second-order valence-electron chi connectivity index (χ2n) is 21.8. The Balaban J connectivity index is 1.08. The van der Waals surface area contributed by atoms with Crippen molar-refractivity contribution in [1.29, 1.82) is 0 Å². The molecule has 0 fully saturated rings. The van der Waals surface area contributed by atoms with Gasteiger partial charge in [-0.25, -0.2) is 0 Å². The summed E-state index contributed by atoms with van der Waals surface area (Å²) in [5.41, 5.74) is 20.6. The lowest BCUT2D eigenvalue weighted by Gasteiger charge is -2.52. The van der Waals surface area contributed by atoms with Crippen molar-refractivity contribution in [2.45, 2.75) is 77.9 Å². The summed E-state index contributed by atoms with van der Waals surface area (Å²) >= 11 is 3.84. The predicted octanol–water partition coefficient (Wildman–Crippen LogP) is 13.2. The molecular weight excluding hydrogens is 904 g/mol. The maximum absolute atomic E-state index is 7.28. The maximum atomic E-state index is 7.28. The monoisotopic (exact) mass is 950 g/mol. The fraction of sp³-hybridized carbons (Fsp3) is 0.143. The highest BCUT2D eigenvalue weighted by Gasteiger charge is 2.58. The van der Waals surface area contributed by atoms with Gasteiger partial charge in [-0.15, -0.1) is 0 Å². The third kappa shape index (κ3) is 4.91. The van der Waals surface area contributed by atoms with Gasteiger partial charge in [0.25, 0.3) is 0 Å². The number of nitrogens with zero attached hydrogens (tertiary/aromatic N) is 2. The molecule has 9 aromatic carbocycles. The minimum Gasteiger partial charge on any atom is -0.455 e. The minimum absolute atomic E-state index is 0.0365. The molecule has 0 radical (unpaired) electrons. The number of furan rings is 1. The van der Waals surface area contributed by atoms with Crippen LogP contribution in [0.5, 0.6) is 0 Å². The van der Waals surface area contributed by atoms with Crippen LogP contribution >= 0.6 is 23.5 Å². The first-order chi connectivity index (χ1) is 34.1. The van der Waals surface area contributed by atoms with E-state index >= 15 is 0 Å². The molecule has 16 rings (SSSR count). The molecule has 6 aliphatic rings. The van der Waals surface area contributed by atoms with Crippen LogP contribution in [0.3, 0.4) is 0 Å². The van der Waals surface area contributed by atoms with Gasteiger partial charge in [0.15, 0.2) is 8.07 Å².